The van der Waals surface area contributed by atoms with Crippen molar-refractivity contribution in [2.45, 2.75) is 26.8 Å². The first-order valence-corrected chi connectivity index (χ1v) is 6.22. The second-order valence-corrected chi connectivity index (χ2v) is 4.39. The molecule has 0 spiro atoms. The lowest BCUT2D eigenvalue weighted by Gasteiger charge is -2.14. The van der Waals surface area contributed by atoms with Gasteiger partial charge in [0.15, 0.2) is 0 Å². The second kappa shape index (κ2) is 7.01. The van der Waals surface area contributed by atoms with E-state index in [0.29, 0.717) is 12.2 Å². The van der Waals surface area contributed by atoms with Crippen LogP contribution in [0.2, 0.25) is 0 Å². The van der Waals surface area contributed by atoms with Crippen molar-refractivity contribution >= 4 is 11.6 Å². The molecule has 4 nitrogen and oxygen atoms in total. The molecule has 0 aromatic heterocycles. The maximum atomic E-state index is 12.0. The molecule has 0 radical (unpaired) electrons. The van der Waals surface area contributed by atoms with Crippen molar-refractivity contribution in [1.82, 2.24) is 5.32 Å². The molecule has 1 aromatic carbocycles. The van der Waals surface area contributed by atoms with Crippen LogP contribution in [0.15, 0.2) is 18.2 Å². The summed E-state index contributed by atoms with van der Waals surface area (Å²) in [7, 11) is 1.62. The number of rotatable bonds is 6. The predicted octanol–water partition coefficient (Wildman–Crippen LogP) is 2.19. The lowest BCUT2D eigenvalue weighted by molar-refractivity contribution is 0.0905. The Balaban J connectivity index is 2.72. The highest BCUT2D eigenvalue weighted by molar-refractivity contribution is 5.95. The molecule has 0 aliphatic heterocycles. The molecule has 0 saturated carbocycles. The average Bonchev–Trinajstić information content (AvgIpc) is 2.32. The summed E-state index contributed by atoms with van der Waals surface area (Å²) in [6.07, 6.45) is 0. The van der Waals surface area contributed by atoms with Crippen molar-refractivity contribution in [3.05, 3.63) is 29.3 Å². The number of nitrogens with one attached hydrogen (secondary N) is 2. The van der Waals surface area contributed by atoms with Gasteiger partial charge in [-0.25, -0.2) is 0 Å². The van der Waals surface area contributed by atoms with E-state index in [4.69, 9.17) is 4.74 Å². The van der Waals surface area contributed by atoms with Crippen LogP contribution in [0.25, 0.3) is 0 Å². The van der Waals surface area contributed by atoms with E-state index < -0.39 is 0 Å². The maximum absolute atomic E-state index is 12.0. The highest BCUT2D eigenvalue weighted by atomic mass is 16.5. The monoisotopic (exact) mass is 250 g/mol. The molecule has 1 atom stereocenters. The largest absolute Gasteiger partial charge is 0.385 e. The number of ether oxygens (including phenoxy) is 1. The van der Waals surface area contributed by atoms with E-state index in [1.165, 1.54) is 0 Å². The molecule has 100 valence electrons. The molecule has 0 fully saturated rings. The second-order valence-electron chi connectivity index (χ2n) is 4.39. The summed E-state index contributed by atoms with van der Waals surface area (Å²) < 4.78 is 4.99. The first-order valence-electron chi connectivity index (χ1n) is 6.22. The van der Waals surface area contributed by atoms with E-state index in [1.54, 1.807) is 7.11 Å². The summed E-state index contributed by atoms with van der Waals surface area (Å²) in [4.78, 5) is 12.0. The van der Waals surface area contributed by atoms with E-state index in [1.807, 2.05) is 39.0 Å². The first-order chi connectivity index (χ1) is 8.58. The molecular weight excluding hydrogens is 228 g/mol. The van der Waals surface area contributed by atoms with E-state index >= 15 is 0 Å². The third kappa shape index (κ3) is 4.04. The van der Waals surface area contributed by atoms with Crippen LogP contribution in [0.5, 0.6) is 0 Å². The Hall–Kier alpha value is -1.55. The summed E-state index contributed by atoms with van der Waals surface area (Å²) in [5.41, 5.74) is 2.82. The van der Waals surface area contributed by atoms with Gasteiger partial charge in [-0.2, -0.15) is 0 Å². The van der Waals surface area contributed by atoms with Crippen molar-refractivity contribution in [3.8, 4) is 0 Å². The molecule has 1 amide bonds. The van der Waals surface area contributed by atoms with E-state index in [2.05, 4.69) is 10.6 Å². The van der Waals surface area contributed by atoms with Gasteiger partial charge in [0.2, 0.25) is 0 Å². The molecule has 18 heavy (non-hydrogen) atoms. The van der Waals surface area contributed by atoms with Crippen LogP contribution in [0.3, 0.4) is 0 Å². The van der Waals surface area contributed by atoms with Crippen molar-refractivity contribution in [1.29, 1.82) is 0 Å². The van der Waals surface area contributed by atoms with Crippen molar-refractivity contribution < 1.29 is 9.53 Å². The van der Waals surface area contributed by atoms with Gasteiger partial charge < -0.3 is 15.4 Å². The Morgan fingerprint density at radius 2 is 2.17 bits per heavy atom. The molecule has 2 N–H and O–H groups in total. The molecular formula is C14H22N2O2. The summed E-state index contributed by atoms with van der Waals surface area (Å²) >= 11 is 0. The van der Waals surface area contributed by atoms with E-state index in [9.17, 15) is 4.79 Å². The minimum absolute atomic E-state index is 0.0104. The van der Waals surface area contributed by atoms with Crippen LogP contribution >= 0.6 is 0 Å². The third-order valence-electron chi connectivity index (χ3n) is 2.65. The fourth-order valence-electron chi connectivity index (χ4n) is 1.79. The number of hydrogen-bond donors (Lipinski definition) is 2. The Morgan fingerprint density at radius 1 is 1.44 bits per heavy atom. The Kier molecular flexibility index (Phi) is 5.65. The van der Waals surface area contributed by atoms with Crippen molar-refractivity contribution in [3.63, 3.8) is 0 Å². The molecule has 1 unspecified atom stereocenters. The lowest BCUT2D eigenvalue weighted by Crippen LogP contribution is -2.35. The minimum Gasteiger partial charge on any atom is -0.385 e. The van der Waals surface area contributed by atoms with Gasteiger partial charge in [0, 0.05) is 30.9 Å². The zero-order chi connectivity index (χ0) is 13.5. The van der Waals surface area contributed by atoms with Crippen LogP contribution in [-0.2, 0) is 4.74 Å². The standard InChI is InChI=1S/C14H22N2O2/c1-5-15-13-7-6-12(8-10(13)2)14(17)16-11(3)9-18-4/h6-8,11,15H,5,9H2,1-4H3,(H,16,17). The number of hydrogen-bond acceptors (Lipinski definition) is 3. The van der Waals surface area contributed by atoms with Gasteiger partial charge in [0.05, 0.1) is 6.61 Å². The van der Waals surface area contributed by atoms with Gasteiger partial charge >= 0.3 is 0 Å². The summed E-state index contributed by atoms with van der Waals surface area (Å²) in [6.45, 7) is 7.35. The zero-order valence-corrected chi connectivity index (χ0v) is 11.5. The van der Waals surface area contributed by atoms with Gasteiger partial charge in [-0.15, -0.1) is 0 Å². The Labute approximate surface area is 109 Å². The van der Waals surface area contributed by atoms with Gasteiger partial charge in [-0.3, -0.25) is 4.79 Å². The molecule has 1 aromatic rings. The van der Waals surface area contributed by atoms with Crippen LogP contribution in [0, 0.1) is 6.92 Å². The molecule has 0 aliphatic carbocycles. The summed E-state index contributed by atoms with van der Waals surface area (Å²) in [5.74, 6) is -0.0642. The number of benzene rings is 1. The zero-order valence-electron chi connectivity index (χ0n) is 11.5. The molecule has 0 heterocycles. The van der Waals surface area contributed by atoms with Gasteiger partial charge in [0.1, 0.15) is 0 Å². The number of amides is 1. The minimum atomic E-state index is -0.0642. The molecule has 0 aliphatic rings. The van der Waals surface area contributed by atoms with Crippen LogP contribution in [0.4, 0.5) is 5.69 Å². The number of carbonyl (C=O) groups excluding carboxylic acids is 1. The Bertz CT molecular complexity index is 405. The molecule has 0 bridgehead atoms. The normalized spacial score (nSPS) is 12.0. The summed E-state index contributed by atoms with van der Waals surface area (Å²) in [6, 6.07) is 5.68. The number of carbonyl (C=O) groups is 1. The fraction of sp³-hybridized carbons (Fsp3) is 0.500. The Morgan fingerprint density at radius 3 is 2.72 bits per heavy atom. The van der Waals surface area contributed by atoms with Gasteiger partial charge in [-0.05, 0) is 44.5 Å². The number of aryl methyl sites for hydroxylation is 1. The van der Waals surface area contributed by atoms with E-state index in [-0.39, 0.29) is 11.9 Å². The quantitative estimate of drug-likeness (QED) is 0.813. The number of methoxy groups -OCH3 is 1. The highest BCUT2D eigenvalue weighted by Crippen LogP contribution is 2.16. The van der Waals surface area contributed by atoms with Gasteiger partial charge in [0.25, 0.3) is 5.91 Å². The third-order valence-corrected chi connectivity index (χ3v) is 2.65. The molecule has 1 rings (SSSR count). The smallest absolute Gasteiger partial charge is 0.251 e. The maximum Gasteiger partial charge on any atom is 0.251 e. The van der Waals surface area contributed by atoms with E-state index in [0.717, 1.165) is 17.8 Å². The molecule has 0 saturated heterocycles. The number of anilines is 1. The van der Waals surface area contributed by atoms with Crippen LogP contribution in [-0.4, -0.2) is 32.2 Å². The topological polar surface area (TPSA) is 50.4 Å². The first kappa shape index (κ1) is 14.5. The fourth-order valence-corrected chi connectivity index (χ4v) is 1.79. The van der Waals surface area contributed by atoms with Crippen LogP contribution < -0.4 is 10.6 Å². The average molecular weight is 250 g/mol. The van der Waals surface area contributed by atoms with Crippen molar-refractivity contribution in [2.24, 2.45) is 0 Å². The van der Waals surface area contributed by atoms with Gasteiger partial charge in [-0.1, -0.05) is 0 Å². The predicted molar refractivity (Wildman–Crippen MR) is 74.1 cm³/mol. The lowest BCUT2D eigenvalue weighted by atomic mass is 10.1. The van der Waals surface area contributed by atoms with Crippen LogP contribution in [0.1, 0.15) is 29.8 Å². The SMILES string of the molecule is CCNc1ccc(C(=O)NC(C)COC)cc1C. The molecule has 4 heteroatoms. The highest BCUT2D eigenvalue weighted by Gasteiger charge is 2.10. The van der Waals surface area contributed by atoms with Crippen molar-refractivity contribution in [2.75, 3.05) is 25.6 Å². The summed E-state index contributed by atoms with van der Waals surface area (Å²) in [5, 5.41) is 6.14.